The van der Waals surface area contributed by atoms with Gasteiger partial charge in [0.25, 0.3) is 5.91 Å². The van der Waals surface area contributed by atoms with Gasteiger partial charge >= 0.3 is 0 Å². The molecule has 0 spiro atoms. The topological polar surface area (TPSA) is 62.1 Å². The van der Waals surface area contributed by atoms with Crippen LogP contribution >= 0.6 is 45.2 Å². The Bertz CT molecular complexity index is 956. The van der Waals surface area contributed by atoms with Gasteiger partial charge in [0.15, 0.2) is 0 Å². The predicted molar refractivity (Wildman–Crippen MR) is 127 cm³/mol. The summed E-state index contributed by atoms with van der Waals surface area (Å²) in [5, 5.41) is 12.4. The minimum atomic E-state index is -0.323. The first-order valence-electron chi connectivity index (χ1n) is 9.25. The molecular formula is C22H19FI2N2O2. The lowest BCUT2D eigenvalue weighted by atomic mass is 10.1. The normalized spacial score (nSPS) is 14.5. The Morgan fingerprint density at radius 3 is 2.55 bits per heavy atom. The first kappa shape index (κ1) is 22.0. The van der Waals surface area contributed by atoms with Gasteiger partial charge in [0.1, 0.15) is 29.8 Å². The van der Waals surface area contributed by atoms with Gasteiger partial charge in [-0.15, -0.1) is 0 Å². The SMILES string of the molecule is N#C/C(=C/c1cc(I)c(OCc2cccc(F)c2)c(I)c1)C(=O)NC1CCCC1. The first-order chi connectivity index (χ1) is 14.0. The van der Waals surface area contributed by atoms with Crippen LogP contribution in [-0.4, -0.2) is 11.9 Å². The Morgan fingerprint density at radius 1 is 1.24 bits per heavy atom. The minimum absolute atomic E-state index is 0.0944. The van der Waals surface area contributed by atoms with Gasteiger partial charge in [0, 0.05) is 6.04 Å². The summed E-state index contributed by atoms with van der Waals surface area (Å²) in [6.45, 7) is 0.256. The molecule has 1 aliphatic rings. The fourth-order valence-electron chi connectivity index (χ4n) is 3.23. The van der Waals surface area contributed by atoms with Crippen LogP contribution in [0.5, 0.6) is 5.75 Å². The van der Waals surface area contributed by atoms with Crippen LogP contribution in [0, 0.1) is 24.3 Å². The summed E-state index contributed by atoms with van der Waals surface area (Å²) in [4.78, 5) is 12.4. The second-order valence-electron chi connectivity index (χ2n) is 6.86. The van der Waals surface area contributed by atoms with Gasteiger partial charge in [-0.1, -0.05) is 25.0 Å². The number of halogens is 3. The van der Waals surface area contributed by atoms with E-state index in [-0.39, 0.29) is 29.9 Å². The van der Waals surface area contributed by atoms with Gasteiger partial charge in [-0.3, -0.25) is 4.79 Å². The Hall–Kier alpha value is -1.67. The second-order valence-corrected chi connectivity index (χ2v) is 9.18. The maximum absolute atomic E-state index is 13.3. The van der Waals surface area contributed by atoms with Crippen LogP contribution in [0.3, 0.4) is 0 Å². The molecule has 1 amide bonds. The van der Waals surface area contributed by atoms with Crippen molar-refractivity contribution >= 4 is 57.2 Å². The Kier molecular flexibility index (Phi) is 7.89. The van der Waals surface area contributed by atoms with E-state index in [0.717, 1.165) is 44.0 Å². The molecule has 3 rings (SSSR count). The van der Waals surface area contributed by atoms with E-state index in [2.05, 4.69) is 50.5 Å². The van der Waals surface area contributed by atoms with Gasteiger partial charge < -0.3 is 10.1 Å². The van der Waals surface area contributed by atoms with Gasteiger partial charge in [-0.05, 0) is 99.5 Å². The molecule has 29 heavy (non-hydrogen) atoms. The molecule has 1 aliphatic carbocycles. The first-order valence-corrected chi connectivity index (χ1v) is 11.4. The highest BCUT2D eigenvalue weighted by Crippen LogP contribution is 2.30. The van der Waals surface area contributed by atoms with Crippen LogP contribution in [-0.2, 0) is 11.4 Å². The van der Waals surface area contributed by atoms with E-state index in [1.165, 1.54) is 12.1 Å². The molecule has 2 aromatic carbocycles. The van der Waals surface area contributed by atoms with Crippen molar-refractivity contribution in [3.63, 3.8) is 0 Å². The summed E-state index contributed by atoms with van der Waals surface area (Å²) in [6.07, 6.45) is 5.77. The van der Waals surface area contributed by atoms with Gasteiger partial charge in [-0.25, -0.2) is 4.39 Å². The van der Waals surface area contributed by atoms with Crippen molar-refractivity contribution in [2.24, 2.45) is 0 Å². The highest BCUT2D eigenvalue weighted by Gasteiger charge is 2.19. The Labute approximate surface area is 196 Å². The van der Waals surface area contributed by atoms with E-state index in [0.29, 0.717) is 5.75 Å². The minimum Gasteiger partial charge on any atom is -0.487 e. The fourth-order valence-corrected chi connectivity index (χ4v) is 5.36. The lowest BCUT2D eigenvalue weighted by Crippen LogP contribution is -2.33. The third kappa shape index (κ3) is 6.15. The zero-order valence-corrected chi connectivity index (χ0v) is 19.9. The molecule has 0 radical (unpaired) electrons. The fraction of sp³-hybridized carbons (Fsp3) is 0.273. The van der Waals surface area contributed by atoms with Crippen LogP contribution in [0.15, 0.2) is 42.0 Å². The number of rotatable bonds is 6. The quantitative estimate of drug-likeness (QED) is 0.262. The van der Waals surface area contributed by atoms with E-state index in [9.17, 15) is 14.4 Å². The number of hydrogen-bond donors (Lipinski definition) is 1. The van der Waals surface area contributed by atoms with Crippen LogP contribution in [0.25, 0.3) is 6.08 Å². The Balaban J connectivity index is 1.74. The van der Waals surface area contributed by atoms with E-state index in [4.69, 9.17) is 4.74 Å². The van der Waals surface area contributed by atoms with Crippen molar-refractivity contribution in [2.75, 3.05) is 0 Å². The van der Waals surface area contributed by atoms with Crippen LogP contribution in [0.1, 0.15) is 36.8 Å². The monoisotopic (exact) mass is 616 g/mol. The number of ether oxygens (including phenoxy) is 1. The third-order valence-electron chi connectivity index (χ3n) is 4.66. The predicted octanol–water partition coefficient (Wildman–Crippen LogP) is 5.58. The molecule has 0 heterocycles. The molecule has 0 atom stereocenters. The van der Waals surface area contributed by atoms with Crippen LogP contribution in [0.2, 0.25) is 0 Å². The standard InChI is InChI=1S/C22H19FI2N2O2/c23-17-5-3-4-14(9-17)13-29-21-19(24)10-15(11-20(21)25)8-16(12-26)22(28)27-18-6-1-2-7-18/h3-5,8-11,18H,1-2,6-7,13H2,(H,27,28)/b16-8-. The summed E-state index contributed by atoms with van der Waals surface area (Å²) in [5.41, 5.74) is 1.60. The van der Waals surface area contributed by atoms with Crippen molar-refractivity contribution in [2.45, 2.75) is 38.3 Å². The third-order valence-corrected chi connectivity index (χ3v) is 6.26. The summed E-state index contributed by atoms with van der Waals surface area (Å²) in [7, 11) is 0. The average Bonchev–Trinajstić information content (AvgIpc) is 3.18. The largest absolute Gasteiger partial charge is 0.487 e. The molecule has 0 saturated heterocycles. The van der Waals surface area contributed by atoms with Crippen molar-refractivity contribution in [1.29, 1.82) is 5.26 Å². The molecule has 0 aliphatic heterocycles. The lowest BCUT2D eigenvalue weighted by Gasteiger charge is -2.13. The van der Waals surface area contributed by atoms with E-state index in [1.807, 2.05) is 24.3 Å². The summed E-state index contributed by atoms with van der Waals surface area (Å²) in [6, 6.07) is 12.2. The molecule has 0 aromatic heterocycles. The highest BCUT2D eigenvalue weighted by atomic mass is 127. The molecule has 1 N–H and O–H groups in total. The lowest BCUT2D eigenvalue weighted by molar-refractivity contribution is -0.117. The zero-order valence-electron chi connectivity index (χ0n) is 15.6. The second kappa shape index (κ2) is 10.4. The maximum atomic E-state index is 13.3. The zero-order chi connectivity index (χ0) is 20.8. The number of nitrogens with one attached hydrogen (secondary N) is 1. The van der Waals surface area contributed by atoms with E-state index in [1.54, 1.807) is 12.1 Å². The van der Waals surface area contributed by atoms with Gasteiger partial charge in [0.2, 0.25) is 0 Å². The number of nitrogens with zero attached hydrogens (tertiary/aromatic N) is 1. The summed E-state index contributed by atoms with van der Waals surface area (Å²) >= 11 is 4.32. The van der Waals surface area contributed by atoms with Gasteiger partial charge in [0.05, 0.1) is 7.14 Å². The number of carbonyl (C=O) groups excluding carboxylic acids is 1. The van der Waals surface area contributed by atoms with Gasteiger partial charge in [-0.2, -0.15) is 5.26 Å². The van der Waals surface area contributed by atoms with Crippen LogP contribution in [0.4, 0.5) is 4.39 Å². The molecule has 4 nitrogen and oxygen atoms in total. The molecule has 1 saturated carbocycles. The highest BCUT2D eigenvalue weighted by molar-refractivity contribution is 14.1. The summed E-state index contributed by atoms with van der Waals surface area (Å²) in [5.74, 6) is 0.0771. The summed E-state index contributed by atoms with van der Waals surface area (Å²) < 4.78 is 20.9. The van der Waals surface area contributed by atoms with Crippen LogP contribution < -0.4 is 10.1 Å². The van der Waals surface area contributed by atoms with Crippen molar-refractivity contribution < 1.29 is 13.9 Å². The molecular weight excluding hydrogens is 597 g/mol. The van der Waals surface area contributed by atoms with E-state index >= 15 is 0 Å². The molecule has 150 valence electrons. The molecule has 2 aromatic rings. The van der Waals surface area contributed by atoms with Crippen molar-refractivity contribution in [3.8, 4) is 11.8 Å². The number of benzene rings is 2. The number of carbonyl (C=O) groups is 1. The number of nitriles is 1. The maximum Gasteiger partial charge on any atom is 0.262 e. The van der Waals surface area contributed by atoms with Crippen molar-refractivity contribution in [3.05, 3.63) is 66.1 Å². The molecule has 0 bridgehead atoms. The van der Waals surface area contributed by atoms with Crippen molar-refractivity contribution in [1.82, 2.24) is 5.32 Å². The average molecular weight is 616 g/mol. The number of hydrogen-bond acceptors (Lipinski definition) is 3. The number of amides is 1. The molecule has 1 fully saturated rings. The molecule has 7 heteroatoms. The molecule has 0 unspecified atom stereocenters. The van der Waals surface area contributed by atoms with E-state index < -0.39 is 0 Å². The Morgan fingerprint density at radius 2 is 1.93 bits per heavy atom. The smallest absolute Gasteiger partial charge is 0.262 e.